The predicted molar refractivity (Wildman–Crippen MR) is 46.2 cm³/mol. The van der Waals surface area contributed by atoms with Crippen molar-refractivity contribution in [2.45, 2.75) is 19.5 Å². The van der Waals surface area contributed by atoms with E-state index in [0.717, 1.165) is 5.57 Å². The first-order valence-corrected chi connectivity index (χ1v) is 3.98. The molecule has 0 fully saturated rings. The molecule has 72 valence electrons. The van der Waals surface area contributed by atoms with Crippen LogP contribution in [0.5, 0.6) is 0 Å². The van der Waals surface area contributed by atoms with Crippen molar-refractivity contribution in [2.75, 3.05) is 0 Å². The topological polar surface area (TPSA) is 0 Å². The second-order valence-electron chi connectivity index (χ2n) is 3.36. The number of rotatable bonds is 1. The van der Waals surface area contributed by atoms with Crippen LogP contribution in [0.1, 0.15) is 13.3 Å². The molecule has 0 spiro atoms. The molecule has 0 N–H and O–H groups in total. The third-order valence-corrected chi connectivity index (χ3v) is 2.29. The van der Waals surface area contributed by atoms with E-state index in [4.69, 9.17) is 0 Å². The van der Waals surface area contributed by atoms with Gasteiger partial charge in [-0.2, -0.15) is 13.2 Å². The number of allylic oxidation sites excluding steroid dienone is 5. The van der Waals surface area contributed by atoms with Crippen LogP contribution in [0.3, 0.4) is 0 Å². The zero-order chi connectivity index (χ0) is 10.1. The Morgan fingerprint density at radius 3 is 2.46 bits per heavy atom. The molecular weight excluding hydrogens is 177 g/mol. The zero-order valence-electron chi connectivity index (χ0n) is 7.36. The van der Waals surface area contributed by atoms with Gasteiger partial charge in [0.15, 0.2) is 0 Å². The lowest BCUT2D eigenvalue weighted by atomic mass is 9.81. The quantitative estimate of drug-likeness (QED) is 0.589. The summed E-state index contributed by atoms with van der Waals surface area (Å²) in [4.78, 5) is 0. The Morgan fingerprint density at radius 2 is 2.15 bits per heavy atom. The highest BCUT2D eigenvalue weighted by atomic mass is 19.4. The van der Waals surface area contributed by atoms with Crippen molar-refractivity contribution in [3.05, 3.63) is 36.5 Å². The third kappa shape index (κ3) is 1.85. The zero-order valence-corrected chi connectivity index (χ0v) is 7.36. The number of alkyl halides is 3. The van der Waals surface area contributed by atoms with Gasteiger partial charge in [0.05, 0.1) is 5.41 Å². The van der Waals surface area contributed by atoms with E-state index in [9.17, 15) is 13.2 Å². The summed E-state index contributed by atoms with van der Waals surface area (Å²) in [5.41, 5.74) is -0.957. The van der Waals surface area contributed by atoms with Crippen LogP contribution < -0.4 is 0 Å². The van der Waals surface area contributed by atoms with E-state index in [2.05, 4.69) is 6.58 Å². The first-order valence-electron chi connectivity index (χ1n) is 3.98. The van der Waals surface area contributed by atoms with Crippen LogP contribution in [0.2, 0.25) is 0 Å². The standard InChI is InChI=1S/C10H11F3/c1-3-8-4-6-9(2,7-5-8)10(11,12)13/h3-6H,1,7H2,2H3. The van der Waals surface area contributed by atoms with Gasteiger partial charge in [0.25, 0.3) is 0 Å². The number of hydrogen-bond acceptors (Lipinski definition) is 0. The van der Waals surface area contributed by atoms with Crippen LogP contribution in [0, 0.1) is 5.41 Å². The highest BCUT2D eigenvalue weighted by Gasteiger charge is 2.48. The summed E-state index contributed by atoms with van der Waals surface area (Å²) in [6.45, 7) is 4.69. The van der Waals surface area contributed by atoms with Crippen molar-refractivity contribution >= 4 is 0 Å². The van der Waals surface area contributed by atoms with Crippen molar-refractivity contribution in [3.63, 3.8) is 0 Å². The van der Waals surface area contributed by atoms with Gasteiger partial charge in [-0.25, -0.2) is 0 Å². The summed E-state index contributed by atoms with van der Waals surface area (Å²) in [6, 6.07) is 0. The maximum Gasteiger partial charge on any atom is 0.397 e. The molecular formula is C10H11F3. The average molecular weight is 188 g/mol. The SMILES string of the molecule is C=CC1=CCC(C)(C(F)(F)F)C=C1. The summed E-state index contributed by atoms with van der Waals surface area (Å²) >= 11 is 0. The molecule has 1 unspecified atom stereocenters. The molecule has 0 radical (unpaired) electrons. The van der Waals surface area contributed by atoms with Crippen LogP contribution in [0.25, 0.3) is 0 Å². The normalized spacial score (nSPS) is 28.5. The lowest BCUT2D eigenvalue weighted by Crippen LogP contribution is -2.33. The molecule has 0 aromatic rings. The van der Waals surface area contributed by atoms with Crippen LogP contribution >= 0.6 is 0 Å². The van der Waals surface area contributed by atoms with E-state index in [1.807, 2.05) is 0 Å². The molecule has 0 nitrogen and oxygen atoms in total. The molecule has 13 heavy (non-hydrogen) atoms. The van der Waals surface area contributed by atoms with Crippen molar-refractivity contribution in [2.24, 2.45) is 5.41 Å². The lowest BCUT2D eigenvalue weighted by Gasteiger charge is -2.29. The molecule has 0 amide bonds. The molecule has 0 bridgehead atoms. The van der Waals surface area contributed by atoms with Gasteiger partial charge < -0.3 is 0 Å². The first kappa shape index (κ1) is 10.1. The number of halogens is 3. The van der Waals surface area contributed by atoms with Gasteiger partial charge in [-0.05, 0) is 18.9 Å². The van der Waals surface area contributed by atoms with Gasteiger partial charge in [-0.15, -0.1) is 0 Å². The molecule has 1 aliphatic carbocycles. The highest BCUT2D eigenvalue weighted by Crippen LogP contribution is 2.44. The van der Waals surface area contributed by atoms with E-state index >= 15 is 0 Å². The average Bonchev–Trinajstić information content (AvgIpc) is 2.04. The summed E-state index contributed by atoms with van der Waals surface area (Å²) in [5, 5.41) is 0. The Balaban J connectivity index is 2.87. The maximum absolute atomic E-state index is 12.5. The Bertz CT molecular complexity index is 270. The molecule has 1 rings (SSSR count). The van der Waals surface area contributed by atoms with Gasteiger partial charge in [0.1, 0.15) is 0 Å². The Kier molecular flexibility index (Phi) is 2.37. The first-order chi connectivity index (χ1) is 5.89. The smallest absolute Gasteiger partial charge is 0.170 e. The lowest BCUT2D eigenvalue weighted by molar-refractivity contribution is -0.199. The number of hydrogen-bond donors (Lipinski definition) is 0. The molecule has 3 heteroatoms. The Hall–Kier alpha value is -0.990. The summed E-state index contributed by atoms with van der Waals surface area (Å²) in [6.07, 6.45) is 1.59. The van der Waals surface area contributed by atoms with Gasteiger partial charge >= 0.3 is 6.18 Å². The molecule has 0 aromatic heterocycles. The minimum absolute atomic E-state index is 0.00560. The summed E-state index contributed by atoms with van der Waals surface area (Å²) in [7, 11) is 0. The van der Waals surface area contributed by atoms with Gasteiger partial charge in [-0.1, -0.05) is 30.9 Å². The molecule has 0 saturated carbocycles. The van der Waals surface area contributed by atoms with Gasteiger partial charge in [0.2, 0.25) is 0 Å². The minimum Gasteiger partial charge on any atom is -0.170 e. The largest absolute Gasteiger partial charge is 0.397 e. The van der Waals surface area contributed by atoms with E-state index in [-0.39, 0.29) is 6.42 Å². The molecule has 0 saturated heterocycles. The Morgan fingerprint density at radius 1 is 1.54 bits per heavy atom. The van der Waals surface area contributed by atoms with Crippen molar-refractivity contribution < 1.29 is 13.2 Å². The summed E-state index contributed by atoms with van der Waals surface area (Å²) in [5.74, 6) is 0. The van der Waals surface area contributed by atoms with E-state index in [1.54, 1.807) is 12.2 Å². The van der Waals surface area contributed by atoms with E-state index < -0.39 is 11.6 Å². The van der Waals surface area contributed by atoms with Crippen LogP contribution in [-0.4, -0.2) is 6.18 Å². The fourth-order valence-electron chi connectivity index (χ4n) is 1.11. The van der Waals surface area contributed by atoms with Crippen molar-refractivity contribution in [1.82, 2.24) is 0 Å². The van der Waals surface area contributed by atoms with E-state index in [1.165, 1.54) is 19.1 Å². The van der Waals surface area contributed by atoms with Gasteiger partial charge in [-0.3, -0.25) is 0 Å². The molecule has 1 atom stereocenters. The fraction of sp³-hybridized carbons (Fsp3) is 0.400. The van der Waals surface area contributed by atoms with Crippen LogP contribution in [0.15, 0.2) is 36.5 Å². The molecule has 0 aliphatic heterocycles. The fourth-order valence-corrected chi connectivity index (χ4v) is 1.11. The van der Waals surface area contributed by atoms with Crippen LogP contribution in [0.4, 0.5) is 13.2 Å². The van der Waals surface area contributed by atoms with Crippen LogP contribution in [-0.2, 0) is 0 Å². The monoisotopic (exact) mass is 188 g/mol. The second kappa shape index (κ2) is 3.05. The van der Waals surface area contributed by atoms with Crippen molar-refractivity contribution in [3.8, 4) is 0 Å². The second-order valence-corrected chi connectivity index (χ2v) is 3.36. The molecule has 0 aromatic carbocycles. The minimum atomic E-state index is -4.17. The highest BCUT2D eigenvalue weighted by molar-refractivity contribution is 5.34. The van der Waals surface area contributed by atoms with Crippen molar-refractivity contribution in [1.29, 1.82) is 0 Å². The summed E-state index contributed by atoms with van der Waals surface area (Å²) < 4.78 is 37.4. The molecule has 0 heterocycles. The van der Waals surface area contributed by atoms with E-state index in [0.29, 0.717) is 0 Å². The molecule has 1 aliphatic rings. The van der Waals surface area contributed by atoms with Gasteiger partial charge in [0, 0.05) is 0 Å². The third-order valence-electron chi connectivity index (χ3n) is 2.29. The Labute approximate surface area is 75.4 Å². The predicted octanol–water partition coefficient (Wildman–Crippen LogP) is 3.63. The maximum atomic E-state index is 12.5.